The molecule has 8 nitrogen and oxygen atoms in total. The van der Waals surface area contributed by atoms with E-state index in [-0.39, 0.29) is 30.0 Å². The number of nitrogens with one attached hydrogen (secondary N) is 3. The normalized spacial score (nSPS) is 18.9. The molecule has 0 spiro atoms. The molecule has 1 heterocycles. The van der Waals surface area contributed by atoms with E-state index >= 15 is 0 Å². The van der Waals surface area contributed by atoms with Gasteiger partial charge < -0.3 is 25.6 Å². The highest BCUT2D eigenvalue weighted by atomic mass is 16.5. The summed E-state index contributed by atoms with van der Waals surface area (Å²) in [6, 6.07) is 6.09. The quantitative estimate of drug-likeness (QED) is 0.658. The number of benzene rings is 1. The van der Waals surface area contributed by atoms with E-state index in [1.807, 2.05) is 6.92 Å². The number of anilines is 1. The summed E-state index contributed by atoms with van der Waals surface area (Å²) in [5.41, 5.74) is 0.959. The van der Waals surface area contributed by atoms with E-state index in [0.717, 1.165) is 6.08 Å². The Kier molecular flexibility index (Phi) is 6.74. The lowest BCUT2D eigenvalue weighted by Gasteiger charge is -2.18. The first kappa shape index (κ1) is 19.5. The molecule has 0 radical (unpaired) electrons. The zero-order chi connectivity index (χ0) is 19.1. The maximum Gasteiger partial charge on any atom is 0.315 e. The Hall–Kier alpha value is -2.87. The molecule has 0 aliphatic carbocycles. The van der Waals surface area contributed by atoms with E-state index in [2.05, 4.69) is 22.5 Å². The summed E-state index contributed by atoms with van der Waals surface area (Å²) >= 11 is 0. The Labute approximate surface area is 152 Å². The number of nitrogens with zero attached hydrogens (tertiary/aromatic N) is 1. The summed E-state index contributed by atoms with van der Waals surface area (Å²) in [5, 5.41) is 8.12. The van der Waals surface area contributed by atoms with Gasteiger partial charge >= 0.3 is 6.03 Å². The average molecular weight is 360 g/mol. The van der Waals surface area contributed by atoms with E-state index in [9.17, 15) is 14.4 Å². The molecule has 1 aliphatic rings. The Morgan fingerprint density at radius 1 is 1.35 bits per heavy atom. The monoisotopic (exact) mass is 360 g/mol. The number of amides is 4. The molecule has 26 heavy (non-hydrogen) atoms. The van der Waals surface area contributed by atoms with Gasteiger partial charge in [-0.2, -0.15) is 0 Å². The molecule has 8 heteroatoms. The minimum absolute atomic E-state index is 0.193. The van der Waals surface area contributed by atoms with Crippen LogP contribution in [-0.2, 0) is 9.53 Å². The number of carbonyl (C=O) groups is 3. The van der Waals surface area contributed by atoms with Gasteiger partial charge in [0.1, 0.15) is 0 Å². The maximum atomic E-state index is 12.8. The summed E-state index contributed by atoms with van der Waals surface area (Å²) in [7, 11) is 1.55. The van der Waals surface area contributed by atoms with Crippen LogP contribution in [0.5, 0.6) is 0 Å². The molecule has 0 aromatic heterocycles. The van der Waals surface area contributed by atoms with Gasteiger partial charge in [0.15, 0.2) is 0 Å². The first-order valence-electron chi connectivity index (χ1n) is 8.38. The van der Waals surface area contributed by atoms with Crippen LogP contribution in [-0.4, -0.2) is 61.6 Å². The molecule has 1 aromatic carbocycles. The SMILES string of the molecule is C=CC(=O)Nc1cccc(C(=O)N2C[C@@H](NC(=O)NCC)[C@H](OC)C2)c1. The predicted molar refractivity (Wildman–Crippen MR) is 98.0 cm³/mol. The minimum atomic E-state index is -0.346. The molecule has 1 aliphatic heterocycles. The molecule has 1 aromatic rings. The Bertz CT molecular complexity index is 692. The smallest absolute Gasteiger partial charge is 0.315 e. The molecule has 0 unspecified atom stereocenters. The Balaban J connectivity index is 2.07. The number of carbonyl (C=O) groups excluding carboxylic acids is 3. The molecule has 0 bridgehead atoms. The van der Waals surface area contributed by atoms with Crippen molar-refractivity contribution in [1.82, 2.24) is 15.5 Å². The molecular formula is C18H24N4O4. The van der Waals surface area contributed by atoms with Gasteiger partial charge in [-0.05, 0) is 31.2 Å². The fourth-order valence-corrected chi connectivity index (χ4v) is 2.80. The summed E-state index contributed by atoms with van der Waals surface area (Å²) in [6.45, 7) is 6.46. The van der Waals surface area contributed by atoms with Crippen LogP contribution in [0, 0.1) is 0 Å². The van der Waals surface area contributed by atoms with E-state index < -0.39 is 0 Å². The number of methoxy groups -OCH3 is 1. The van der Waals surface area contributed by atoms with E-state index in [1.54, 1.807) is 36.3 Å². The van der Waals surface area contributed by atoms with Gasteiger partial charge in [0.25, 0.3) is 5.91 Å². The third kappa shape index (κ3) is 4.82. The van der Waals surface area contributed by atoms with Crippen molar-refractivity contribution in [3.8, 4) is 0 Å². The molecular weight excluding hydrogens is 336 g/mol. The van der Waals surface area contributed by atoms with Crippen molar-refractivity contribution in [3.05, 3.63) is 42.5 Å². The molecule has 3 N–H and O–H groups in total. The zero-order valence-electron chi connectivity index (χ0n) is 15.0. The largest absolute Gasteiger partial charge is 0.377 e. The fourth-order valence-electron chi connectivity index (χ4n) is 2.80. The van der Waals surface area contributed by atoms with Crippen LogP contribution < -0.4 is 16.0 Å². The highest BCUT2D eigenvalue weighted by molar-refractivity contribution is 6.00. The lowest BCUT2D eigenvalue weighted by atomic mass is 10.1. The first-order chi connectivity index (χ1) is 12.5. The van der Waals surface area contributed by atoms with Gasteiger partial charge in [-0.1, -0.05) is 12.6 Å². The van der Waals surface area contributed by atoms with E-state index in [4.69, 9.17) is 4.74 Å². The summed E-state index contributed by atoms with van der Waals surface area (Å²) < 4.78 is 5.41. The van der Waals surface area contributed by atoms with Crippen molar-refractivity contribution in [2.45, 2.75) is 19.1 Å². The van der Waals surface area contributed by atoms with Gasteiger partial charge in [0, 0.05) is 38.0 Å². The maximum absolute atomic E-state index is 12.8. The molecule has 2 atom stereocenters. The van der Waals surface area contributed by atoms with Crippen molar-refractivity contribution < 1.29 is 19.1 Å². The second kappa shape index (κ2) is 9.00. The first-order valence-corrected chi connectivity index (χ1v) is 8.38. The van der Waals surface area contributed by atoms with Crippen LogP contribution in [0.1, 0.15) is 17.3 Å². The summed E-state index contributed by atoms with van der Waals surface area (Å²) in [6.07, 6.45) is 0.876. The topological polar surface area (TPSA) is 99.8 Å². The zero-order valence-corrected chi connectivity index (χ0v) is 15.0. The molecule has 0 saturated carbocycles. The minimum Gasteiger partial charge on any atom is -0.377 e. The second-order valence-corrected chi connectivity index (χ2v) is 5.87. The van der Waals surface area contributed by atoms with Gasteiger partial charge in [-0.25, -0.2) is 4.79 Å². The van der Waals surface area contributed by atoms with Crippen LogP contribution in [0.2, 0.25) is 0 Å². The number of rotatable bonds is 6. The van der Waals surface area contributed by atoms with E-state index in [0.29, 0.717) is 30.9 Å². The standard InChI is InChI=1S/C18H24N4O4/c1-4-16(23)20-13-8-6-7-12(9-13)17(24)22-10-14(15(11-22)26-3)21-18(25)19-5-2/h4,6-9,14-15H,1,5,10-11H2,2-3H3,(H,20,23)(H2,19,21,25)/t14-,15-/m1/s1. The molecule has 1 fully saturated rings. The highest BCUT2D eigenvalue weighted by Crippen LogP contribution is 2.18. The Morgan fingerprint density at radius 2 is 2.12 bits per heavy atom. The third-order valence-electron chi connectivity index (χ3n) is 4.07. The lowest BCUT2D eigenvalue weighted by molar-refractivity contribution is -0.111. The molecule has 1 saturated heterocycles. The fraction of sp³-hybridized carbons (Fsp3) is 0.389. The molecule has 140 valence electrons. The number of hydrogen-bond donors (Lipinski definition) is 3. The van der Waals surface area contributed by atoms with E-state index in [1.165, 1.54) is 0 Å². The van der Waals surface area contributed by atoms with Gasteiger partial charge in [0.2, 0.25) is 5.91 Å². The number of ether oxygens (including phenoxy) is 1. The van der Waals surface area contributed by atoms with Crippen LogP contribution in [0.15, 0.2) is 36.9 Å². The number of hydrogen-bond acceptors (Lipinski definition) is 4. The van der Waals surface area contributed by atoms with Crippen molar-refractivity contribution in [2.24, 2.45) is 0 Å². The number of likely N-dealkylation sites (tertiary alicyclic amines) is 1. The van der Waals surface area contributed by atoms with Gasteiger partial charge in [-0.15, -0.1) is 0 Å². The van der Waals surface area contributed by atoms with Gasteiger partial charge in [0.05, 0.1) is 12.1 Å². The number of urea groups is 1. The van der Waals surface area contributed by atoms with Gasteiger partial charge in [-0.3, -0.25) is 9.59 Å². The van der Waals surface area contributed by atoms with Crippen molar-refractivity contribution in [1.29, 1.82) is 0 Å². The highest BCUT2D eigenvalue weighted by Gasteiger charge is 2.36. The summed E-state index contributed by atoms with van der Waals surface area (Å²) in [5.74, 6) is -0.539. The average Bonchev–Trinajstić information content (AvgIpc) is 3.04. The van der Waals surface area contributed by atoms with Crippen LogP contribution in [0.3, 0.4) is 0 Å². The summed E-state index contributed by atoms with van der Waals surface area (Å²) in [4.78, 5) is 37.6. The lowest BCUT2D eigenvalue weighted by Crippen LogP contribution is -2.48. The van der Waals surface area contributed by atoms with Crippen molar-refractivity contribution >= 4 is 23.5 Å². The Morgan fingerprint density at radius 3 is 2.77 bits per heavy atom. The molecule has 4 amide bonds. The van der Waals surface area contributed by atoms with Crippen LogP contribution in [0.25, 0.3) is 0 Å². The second-order valence-electron chi connectivity index (χ2n) is 5.87. The van der Waals surface area contributed by atoms with Crippen LogP contribution in [0.4, 0.5) is 10.5 Å². The van der Waals surface area contributed by atoms with Crippen molar-refractivity contribution in [2.75, 3.05) is 32.1 Å². The van der Waals surface area contributed by atoms with Crippen LogP contribution >= 0.6 is 0 Å². The predicted octanol–water partition coefficient (Wildman–Crippen LogP) is 0.970. The van der Waals surface area contributed by atoms with Crippen molar-refractivity contribution in [3.63, 3.8) is 0 Å². The molecule has 2 rings (SSSR count). The third-order valence-corrected chi connectivity index (χ3v) is 4.07.